The summed E-state index contributed by atoms with van der Waals surface area (Å²) < 4.78 is 27.8. The molecule has 2 atom stereocenters. The lowest BCUT2D eigenvalue weighted by atomic mass is 9.95. The van der Waals surface area contributed by atoms with E-state index in [0.29, 0.717) is 52.0 Å². The van der Waals surface area contributed by atoms with Crippen molar-refractivity contribution in [2.75, 3.05) is 27.4 Å². The number of hydrogen-bond acceptors (Lipinski definition) is 11. The standard InChI is InChI=1S/C33H35N5O8/c1-5-44-28-15-22(31-30(32(40)43-4)20(2)36-33(41)37-31)11-13-26(28)46-19-29(39)38-35-17-21-10-12-25(27(14-21)42-3)45-18-24-9-7-6-8-23(24)16-34/h6-15,17,29,31,38-39H,5,18-19H2,1-4H3,(H2,36,37,41)/b35-17-/t29-,31-/m1/s1. The van der Waals surface area contributed by atoms with Gasteiger partial charge in [-0.3, -0.25) is 5.43 Å². The average Bonchev–Trinajstić information content (AvgIpc) is 3.06. The molecule has 0 spiro atoms. The van der Waals surface area contributed by atoms with Crippen LogP contribution in [0.2, 0.25) is 0 Å². The van der Waals surface area contributed by atoms with Crippen molar-refractivity contribution in [3.63, 3.8) is 0 Å². The Balaban J connectivity index is 1.37. The quantitative estimate of drug-likeness (QED) is 0.0892. The molecule has 0 unspecified atom stereocenters. The molecule has 0 radical (unpaired) electrons. The van der Waals surface area contributed by atoms with Crippen molar-refractivity contribution in [1.82, 2.24) is 16.1 Å². The van der Waals surface area contributed by atoms with Crippen molar-refractivity contribution >= 4 is 18.2 Å². The van der Waals surface area contributed by atoms with Gasteiger partial charge in [0.2, 0.25) is 0 Å². The summed E-state index contributed by atoms with van der Waals surface area (Å²) in [6.07, 6.45) is 0.332. The van der Waals surface area contributed by atoms with E-state index in [4.69, 9.17) is 23.7 Å². The molecule has 0 bridgehead atoms. The second-order valence-corrected chi connectivity index (χ2v) is 9.88. The lowest BCUT2D eigenvalue weighted by Crippen LogP contribution is -2.45. The van der Waals surface area contributed by atoms with E-state index in [9.17, 15) is 20.0 Å². The highest BCUT2D eigenvalue weighted by Crippen LogP contribution is 2.35. The van der Waals surface area contributed by atoms with Crippen LogP contribution in [0.5, 0.6) is 23.0 Å². The summed E-state index contributed by atoms with van der Waals surface area (Å²) in [5, 5.41) is 29.1. The van der Waals surface area contributed by atoms with Gasteiger partial charge in [-0.25, -0.2) is 9.59 Å². The predicted octanol–water partition coefficient (Wildman–Crippen LogP) is 3.67. The number of aliphatic hydroxyl groups excluding tert-OH is 1. The van der Waals surface area contributed by atoms with Crippen LogP contribution >= 0.6 is 0 Å². The summed E-state index contributed by atoms with van der Waals surface area (Å²) in [5.74, 6) is 1.09. The predicted molar refractivity (Wildman–Crippen MR) is 167 cm³/mol. The minimum Gasteiger partial charge on any atom is -0.493 e. The number of esters is 1. The summed E-state index contributed by atoms with van der Waals surface area (Å²) in [4.78, 5) is 24.6. The average molecular weight is 630 g/mol. The number of rotatable bonds is 14. The zero-order chi connectivity index (χ0) is 33.1. The number of carbonyl (C=O) groups excluding carboxylic acids is 2. The van der Waals surface area contributed by atoms with Crippen LogP contribution in [0.1, 0.15) is 42.1 Å². The first-order valence-electron chi connectivity index (χ1n) is 14.3. The summed E-state index contributed by atoms with van der Waals surface area (Å²) in [7, 11) is 2.79. The number of methoxy groups -OCH3 is 2. The van der Waals surface area contributed by atoms with Gasteiger partial charge in [0.05, 0.1) is 50.3 Å². The molecule has 4 N–H and O–H groups in total. The van der Waals surface area contributed by atoms with Gasteiger partial charge in [-0.1, -0.05) is 24.3 Å². The maximum atomic E-state index is 12.4. The molecule has 3 aromatic carbocycles. The van der Waals surface area contributed by atoms with E-state index in [1.54, 1.807) is 62.4 Å². The number of nitriles is 1. The van der Waals surface area contributed by atoms with Crippen molar-refractivity contribution in [3.8, 4) is 29.1 Å². The van der Waals surface area contributed by atoms with Gasteiger partial charge in [0.1, 0.15) is 13.2 Å². The fraction of sp³-hybridized carbons (Fsp3) is 0.273. The Hall–Kier alpha value is -5.74. The Kier molecular flexibility index (Phi) is 11.4. The third-order valence-corrected chi connectivity index (χ3v) is 6.82. The van der Waals surface area contributed by atoms with Crippen LogP contribution in [0.3, 0.4) is 0 Å². The van der Waals surface area contributed by atoms with Crippen LogP contribution in [0.25, 0.3) is 0 Å². The van der Waals surface area contributed by atoms with E-state index in [2.05, 4.69) is 27.2 Å². The molecular weight excluding hydrogens is 594 g/mol. The highest BCUT2D eigenvalue weighted by molar-refractivity contribution is 5.95. The van der Waals surface area contributed by atoms with Crippen molar-refractivity contribution in [2.45, 2.75) is 32.7 Å². The Morgan fingerprint density at radius 1 is 1.07 bits per heavy atom. The topological polar surface area (TPSA) is 173 Å². The molecule has 0 saturated carbocycles. The number of nitrogens with zero attached hydrogens (tertiary/aromatic N) is 2. The second kappa shape index (κ2) is 15.8. The number of allylic oxidation sites excluding steroid dienone is 1. The maximum Gasteiger partial charge on any atom is 0.337 e. The Labute approximate surface area is 266 Å². The van der Waals surface area contributed by atoms with E-state index >= 15 is 0 Å². The van der Waals surface area contributed by atoms with Gasteiger partial charge in [0.25, 0.3) is 0 Å². The van der Waals surface area contributed by atoms with Crippen LogP contribution in [0.4, 0.5) is 4.79 Å². The molecule has 0 aromatic heterocycles. The van der Waals surface area contributed by atoms with Gasteiger partial charge in [-0.05, 0) is 61.4 Å². The molecule has 0 fully saturated rings. The number of carbonyl (C=O) groups is 2. The van der Waals surface area contributed by atoms with E-state index < -0.39 is 24.3 Å². The molecule has 13 nitrogen and oxygen atoms in total. The smallest absolute Gasteiger partial charge is 0.337 e. The summed E-state index contributed by atoms with van der Waals surface area (Å²) in [6, 6.07) is 18.3. The first-order chi connectivity index (χ1) is 22.3. The molecule has 4 rings (SSSR count). The molecule has 13 heteroatoms. The van der Waals surface area contributed by atoms with Crippen LogP contribution in [-0.2, 0) is 16.1 Å². The van der Waals surface area contributed by atoms with Gasteiger partial charge < -0.3 is 39.4 Å². The van der Waals surface area contributed by atoms with Crippen LogP contribution in [0, 0.1) is 11.3 Å². The number of aliphatic hydroxyl groups is 1. The van der Waals surface area contributed by atoms with Crippen LogP contribution in [-0.4, -0.2) is 57.0 Å². The summed E-state index contributed by atoms with van der Waals surface area (Å²) in [6.45, 7) is 3.78. The lowest BCUT2D eigenvalue weighted by molar-refractivity contribution is -0.136. The highest BCUT2D eigenvalue weighted by Gasteiger charge is 2.32. The molecule has 1 aliphatic heterocycles. The van der Waals surface area contributed by atoms with Crippen LogP contribution < -0.4 is 35.0 Å². The van der Waals surface area contributed by atoms with Gasteiger partial charge in [0.15, 0.2) is 29.2 Å². The van der Waals surface area contributed by atoms with Gasteiger partial charge >= 0.3 is 12.0 Å². The zero-order valence-electron chi connectivity index (χ0n) is 25.8. The summed E-state index contributed by atoms with van der Waals surface area (Å²) in [5.41, 5.74) is 5.81. The van der Waals surface area contributed by atoms with E-state index in [1.807, 2.05) is 12.1 Å². The SMILES string of the molecule is CCOc1cc([C@H]2NC(=O)NC(C)=C2C(=O)OC)ccc1OC[C@@H](O)N/N=C\c1ccc(OCc2ccccc2C#N)c(OC)c1. The molecule has 1 heterocycles. The minimum atomic E-state index is -1.17. The normalized spacial score (nSPS) is 14.9. The highest BCUT2D eigenvalue weighted by atomic mass is 16.5. The Bertz CT molecular complexity index is 1670. The third-order valence-electron chi connectivity index (χ3n) is 6.82. The summed E-state index contributed by atoms with van der Waals surface area (Å²) >= 11 is 0. The number of hydrazone groups is 1. The largest absolute Gasteiger partial charge is 0.493 e. The number of ether oxygens (including phenoxy) is 5. The van der Waals surface area contributed by atoms with Crippen molar-refractivity contribution in [2.24, 2.45) is 5.10 Å². The number of hydrogen-bond donors (Lipinski definition) is 4. The van der Waals surface area contributed by atoms with E-state index in [1.165, 1.54) is 20.4 Å². The molecule has 240 valence electrons. The van der Waals surface area contributed by atoms with E-state index in [0.717, 1.165) is 5.56 Å². The molecule has 2 amide bonds. The fourth-order valence-electron chi connectivity index (χ4n) is 4.61. The first-order valence-corrected chi connectivity index (χ1v) is 14.3. The van der Waals surface area contributed by atoms with Gasteiger partial charge in [-0.2, -0.15) is 10.4 Å². The monoisotopic (exact) mass is 629 g/mol. The Morgan fingerprint density at radius 2 is 1.83 bits per heavy atom. The number of nitrogens with one attached hydrogen (secondary N) is 3. The van der Waals surface area contributed by atoms with Crippen molar-refractivity contribution < 1.29 is 38.4 Å². The molecule has 0 saturated heterocycles. The molecule has 3 aromatic rings. The van der Waals surface area contributed by atoms with Crippen LogP contribution in [0.15, 0.2) is 77.0 Å². The van der Waals surface area contributed by atoms with Gasteiger partial charge in [0, 0.05) is 11.3 Å². The molecule has 1 aliphatic rings. The fourth-order valence-corrected chi connectivity index (χ4v) is 4.61. The number of amides is 2. The van der Waals surface area contributed by atoms with Crippen molar-refractivity contribution in [3.05, 3.63) is 94.2 Å². The zero-order valence-corrected chi connectivity index (χ0v) is 25.8. The first kappa shape index (κ1) is 33.2. The van der Waals surface area contributed by atoms with Crippen molar-refractivity contribution in [1.29, 1.82) is 5.26 Å². The Morgan fingerprint density at radius 3 is 2.57 bits per heavy atom. The maximum absolute atomic E-state index is 12.4. The van der Waals surface area contributed by atoms with E-state index in [-0.39, 0.29) is 18.8 Å². The lowest BCUT2D eigenvalue weighted by Gasteiger charge is -2.28. The number of benzene rings is 3. The van der Waals surface area contributed by atoms with Gasteiger partial charge in [-0.15, -0.1) is 0 Å². The molecule has 46 heavy (non-hydrogen) atoms. The molecule has 0 aliphatic carbocycles. The number of urea groups is 1. The molecular formula is C33H35N5O8. The second-order valence-electron chi connectivity index (χ2n) is 9.88. The minimum absolute atomic E-state index is 0.173. The third kappa shape index (κ3) is 8.25.